The molecule has 1 saturated heterocycles. The second-order valence-electron chi connectivity index (χ2n) is 8.89. The van der Waals surface area contributed by atoms with Gasteiger partial charge in [0.15, 0.2) is 11.3 Å². The van der Waals surface area contributed by atoms with Crippen LogP contribution in [0.4, 0.5) is 32.2 Å². The van der Waals surface area contributed by atoms with E-state index >= 15 is 8.78 Å². The molecule has 5 rings (SSSR count). The molecule has 0 aliphatic carbocycles. The summed E-state index contributed by atoms with van der Waals surface area (Å²) < 4.78 is 89.4. The minimum atomic E-state index is -4.60. The van der Waals surface area contributed by atoms with Gasteiger partial charge in [-0.2, -0.15) is 13.2 Å². The third-order valence-corrected chi connectivity index (χ3v) is 7.52. The average molecular weight is 526 g/mol. The fourth-order valence-electron chi connectivity index (χ4n) is 4.72. The van der Waals surface area contributed by atoms with Crippen molar-refractivity contribution in [2.24, 2.45) is 0 Å². The zero-order chi connectivity index (χ0) is 25.7. The number of alkyl halides is 5. The number of hydrogen-bond acceptors (Lipinski definition) is 5. The van der Waals surface area contributed by atoms with Crippen LogP contribution in [0.1, 0.15) is 24.1 Å². The topological polar surface area (TPSA) is 38.2 Å². The maximum atomic E-state index is 15.5. The first kappa shape index (κ1) is 24.7. The van der Waals surface area contributed by atoms with Crippen molar-refractivity contribution in [2.75, 3.05) is 24.2 Å². The largest absolute Gasteiger partial charge is 0.481 e. The van der Waals surface area contributed by atoms with Gasteiger partial charge in [-0.15, -0.1) is 11.8 Å². The van der Waals surface area contributed by atoms with Gasteiger partial charge in [-0.25, -0.2) is 23.1 Å². The molecular weight excluding hydrogens is 504 g/mol. The molecule has 0 bridgehead atoms. The summed E-state index contributed by atoms with van der Waals surface area (Å²) in [6.45, 7) is 0.258. The SMILES string of the molecule is CSc1ccc(-c2ccc3c(c2)CC(F)(F)C2(CCN(c4cnc(C(F)(F)F)cn4)CC2)O3)cc1F. The first-order valence-electron chi connectivity index (χ1n) is 11.2. The number of fused-ring (bicyclic) bond motifs is 1. The maximum Gasteiger partial charge on any atom is 0.434 e. The van der Waals surface area contributed by atoms with E-state index < -0.39 is 29.8 Å². The number of benzene rings is 2. The summed E-state index contributed by atoms with van der Waals surface area (Å²) in [7, 11) is 0. The number of aromatic nitrogens is 2. The Balaban J connectivity index is 1.34. The van der Waals surface area contributed by atoms with Crippen LogP contribution in [0.2, 0.25) is 0 Å². The van der Waals surface area contributed by atoms with Crippen LogP contribution in [0.5, 0.6) is 5.75 Å². The number of anilines is 1. The van der Waals surface area contributed by atoms with Gasteiger partial charge in [0.1, 0.15) is 17.4 Å². The normalized spacial score (nSPS) is 18.6. The van der Waals surface area contributed by atoms with E-state index in [4.69, 9.17) is 4.74 Å². The van der Waals surface area contributed by atoms with Gasteiger partial charge < -0.3 is 9.64 Å². The molecule has 0 radical (unpaired) electrons. The molecule has 1 fully saturated rings. The Hall–Kier alpha value is -2.95. The first-order chi connectivity index (χ1) is 17.0. The van der Waals surface area contributed by atoms with Crippen molar-refractivity contribution in [3.63, 3.8) is 0 Å². The summed E-state index contributed by atoms with van der Waals surface area (Å²) in [6.07, 6.45) is -1.79. The molecule has 11 heteroatoms. The van der Waals surface area contributed by atoms with E-state index in [2.05, 4.69) is 9.97 Å². The Morgan fingerprint density at radius 2 is 1.67 bits per heavy atom. The maximum absolute atomic E-state index is 15.5. The van der Waals surface area contributed by atoms with Crippen LogP contribution in [-0.2, 0) is 12.6 Å². The number of thioether (sulfide) groups is 1. The third-order valence-electron chi connectivity index (χ3n) is 6.75. The van der Waals surface area contributed by atoms with E-state index in [1.807, 2.05) is 0 Å². The molecule has 3 aromatic rings. The lowest BCUT2D eigenvalue weighted by atomic mass is 9.79. The Kier molecular flexibility index (Phi) is 6.09. The van der Waals surface area contributed by atoms with Crippen LogP contribution >= 0.6 is 11.8 Å². The van der Waals surface area contributed by atoms with Gasteiger partial charge in [-0.1, -0.05) is 12.1 Å². The molecule has 2 aromatic carbocycles. The van der Waals surface area contributed by atoms with Crippen LogP contribution in [-0.4, -0.2) is 40.8 Å². The van der Waals surface area contributed by atoms with Crippen molar-refractivity contribution >= 4 is 17.6 Å². The quantitative estimate of drug-likeness (QED) is 0.283. The molecule has 0 amide bonds. The van der Waals surface area contributed by atoms with Gasteiger partial charge in [-0.05, 0) is 41.6 Å². The third kappa shape index (κ3) is 4.38. The predicted molar refractivity (Wildman–Crippen MR) is 124 cm³/mol. The van der Waals surface area contributed by atoms with E-state index in [-0.39, 0.29) is 37.6 Å². The monoisotopic (exact) mass is 525 g/mol. The lowest BCUT2D eigenvalue weighted by Gasteiger charge is -2.48. The molecule has 2 aliphatic rings. The zero-order valence-corrected chi connectivity index (χ0v) is 19.9. The highest BCUT2D eigenvalue weighted by Gasteiger charge is 2.59. The number of ether oxygens (including phenoxy) is 1. The molecule has 1 spiro atoms. The highest BCUT2D eigenvalue weighted by Crippen LogP contribution is 2.49. The van der Waals surface area contributed by atoms with E-state index in [0.717, 1.165) is 6.20 Å². The Bertz CT molecular complexity index is 1270. The standard InChI is InChI=1S/C25H21F6N3OS/c1-36-20-5-3-16(11-18(20)26)15-2-4-19-17(10-15)12-24(27,28)23(35-19)6-8-34(9-7-23)22-14-32-21(13-33-22)25(29,30)31/h2-5,10-11,13-14H,6-9,12H2,1H3. The van der Waals surface area contributed by atoms with Gasteiger partial charge in [0, 0.05) is 42.8 Å². The number of nitrogens with zero attached hydrogens (tertiary/aromatic N) is 3. The number of hydrogen-bond donors (Lipinski definition) is 0. The van der Waals surface area contributed by atoms with Gasteiger partial charge in [0.25, 0.3) is 5.92 Å². The average Bonchev–Trinajstić information content (AvgIpc) is 2.84. The lowest BCUT2D eigenvalue weighted by molar-refractivity contribution is -0.185. The van der Waals surface area contributed by atoms with E-state index in [1.165, 1.54) is 17.8 Å². The summed E-state index contributed by atoms with van der Waals surface area (Å²) in [5, 5.41) is 0. The Morgan fingerprint density at radius 1 is 0.972 bits per heavy atom. The van der Waals surface area contributed by atoms with E-state index in [1.54, 1.807) is 41.5 Å². The molecule has 1 aromatic heterocycles. The molecule has 0 unspecified atom stereocenters. The summed E-state index contributed by atoms with van der Waals surface area (Å²) >= 11 is 1.28. The van der Waals surface area contributed by atoms with Crippen LogP contribution in [0.3, 0.4) is 0 Å². The summed E-state index contributed by atoms with van der Waals surface area (Å²) in [4.78, 5) is 9.35. The molecule has 0 atom stereocenters. The van der Waals surface area contributed by atoms with Gasteiger partial charge in [0.2, 0.25) is 0 Å². The zero-order valence-electron chi connectivity index (χ0n) is 19.1. The molecule has 190 valence electrons. The predicted octanol–water partition coefficient (Wildman–Crippen LogP) is 6.63. The molecule has 36 heavy (non-hydrogen) atoms. The van der Waals surface area contributed by atoms with Crippen LogP contribution < -0.4 is 9.64 Å². The molecule has 0 saturated carbocycles. The minimum Gasteiger partial charge on any atom is -0.481 e. The number of rotatable bonds is 3. The van der Waals surface area contributed by atoms with Crippen molar-refractivity contribution in [1.29, 1.82) is 0 Å². The van der Waals surface area contributed by atoms with Gasteiger partial charge >= 0.3 is 6.18 Å². The first-order valence-corrected chi connectivity index (χ1v) is 12.4. The van der Waals surface area contributed by atoms with E-state index in [0.29, 0.717) is 33.5 Å². The molecular formula is C25H21F6N3OS. The fraction of sp³-hybridized carbons (Fsp3) is 0.360. The van der Waals surface area contributed by atoms with Gasteiger partial charge in [0.05, 0.1) is 12.4 Å². The molecule has 3 heterocycles. The second kappa shape index (κ2) is 8.86. The fourth-order valence-corrected chi connectivity index (χ4v) is 5.18. The van der Waals surface area contributed by atoms with Crippen LogP contribution in [0, 0.1) is 5.82 Å². The molecule has 2 aliphatic heterocycles. The molecule has 0 N–H and O–H groups in total. The smallest absolute Gasteiger partial charge is 0.434 e. The Labute approximate surface area is 207 Å². The van der Waals surface area contributed by atoms with Crippen molar-refractivity contribution in [3.05, 3.63) is 65.9 Å². The summed E-state index contributed by atoms with van der Waals surface area (Å²) in [6, 6.07) is 9.75. The molecule has 4 nitrogen and oxygen atoms in total. The highest BCUT2D eigenvalue weighted by molar-refractivity contribution is 7.98. The second-order valence-corrected chi connectivity index (χ2v) is 9.74. The van der Waals surface area contributed by atoms with Crippen molar-refractivity contribution in [2.45, 2.75) is 41.9 Å². The van der Waals surface area contributed by atoms with Crippen molar-refractivity contribution < 1.29 is 31.1 Å². The van der Waals surface area contributed by atoms with Gasteiger partial charge in [-0.3, -0.25) is 0 Å². The number of halogens is 6. The van der Waals surface area contributed by atoms with Crippen molar-refractivity contribution in [3.8, 4) is 16.9 Å². The summed E-state index contributed by atoms with van der Waals surface area (Å²) in [5.41, 5.74) is -1.30. The Morgan fingerprint density at radius 3 is 2.28 bits per heavy atom. The summed E-state index contributed by atoms with van der Waals surface area (Å²) in [5.74, 6) is -3.00. The minimum absolute atomic E-state index is 0.0365. The van der Waals surface area contributed by atoms with Crippen LogP contribution in [0.15, 0.2) is 53.7 Å². The van der Waals surface area contributed by atoms with Crippen LogP contribution in [0.25, 0.3) is 11.1 Å². The van der Waals surface area contributed by atoms with Crippen molar-refractivity contribution in [1.82, 2.24) is 9.97 Å². The highest BCUT2D eigenvalue weighted by atomic mass is 32.2. The lowest BCUT2D eigenvalue weighted by Crippen LogP contribution is -2.61. The van der Waals surface area contributed by atoms with E-state index in [9.17, 15) is 17.6 Å². The number of piperidine rings is 1.